The predicted molar refractivity (Wildman–Crippen MR) is 101 cm³/mol. The number of halogens is 1. The minimum absolute atomic E-state index is 0. The van der Waals surface area contributed by atoms with Crippen molar-refractivity contribution < 1.29 is 14.3 Å². The van der Waals surface area contributed by atoms with E-state index in [-0.39, 0.29) is 24.2 Å². The summed E-state index contributed by atoms with van der Waals surface area (Å²) in [7, 11) is 0. The summed E-state index contributed by atoms with van der Waals surface area (Å²) in [4.78, 5) is 26.9. The number of amides is 2. The number of ether oxygens (including phenoxy) is 1. The Kier molecular flexibility index (Phi) is 8.35. The summed E-state index contributed by atoms with van der Waals surface area (Å²) in [6.45, 7) is 6.59. The molecule has 140 valence electrons. The Hall–Kier alpha value is -1.63. The standard InChI is InChI=1S/C18H27N3O3.ClH/c1-3-21(4-2)16(22)14-6-5-7-15(12-14)20-17(23)18(13-19)8-10-24-11-9-18;/h5-7,12H,3-4,8-11,13,19H2,1-2H3,(H,20,23);1H. The molecule has 2 rings (SSSR count). The van der Waals surface area contributed by atoms with E-state index >= 15 is 0 Å². The van der Waals surface area contributed by atoms with Gasteiger partial charge in [0, 0.05) is 44.1 Å². The maximum absolute atomic E-state index is 12.7. The van der Waals surface area contributed by atoms with Crippen LogP contribution in [0.2, 0.25) is 0 Å². The normalized spacial score (nSPS) is 15.8. The fourth-order valence-corrected chi connectivity index (χ4v) is 2.97. The molecule has 6 nitrogen and oxygen atoms in total. The molecule has 0 bridgehead atoms. The second-order valence-electron chi connectivity index (χ2n) is 6.11. The van der Waals surface area contributed by atoms with Crippen LogP contribution >= 0.6 is 12.4 Å². The Bertz CT molecular complexity index is 585. The molecule has 2 amide bonds. The van der Waals surface area contributed by atoms with Crippen molar-refractivity contribution in [3.05, 3.63) is 29.8 Å². The first-order valence-electron chi connectivity index (χ1n) is 8.55. The van der Waals surface area contributed by atoms with Crippen LogP contribution < -0.4 is 11.1 Å². The highest BCUT2D eigenvalue weighted by Crippen LogP contribution is 2.31. The van der Waals surface area contributed by atoms with Crippen LogP contribution in [0.1, 0.15) is 37.0 Å². The van der Waals surface area contributed by atoms with E-state index in [9.17, 15) is 9.59 Å². The first-order chi connectivity index (χ1) is 11.6. The number of carbonyl (C=O) groups excluding carboxylic acids is 2. The van der Waals surface area contributed by atoms with Gasteiger partial charge in [0.15, 0.2) is 0 Å². The number of nitrogens with two attached hydrogens (primary N) is 1. The largest absolute Gasteiger partial charge is 0.381 e. The Labute approximate surface area is 155 Å². The van der Waals surface area contributed by atoms with Gasteiger partial charge in [-0.1, -0.05) is 6.07 Å². The molecule has 1 saturated heterocycles. The van der Waals surface area contributed by atoms with Gasteiger partial charge in [-0.25, -0.2) is 0 Å². The number of anilines is 1. The molecule has 1 heterocycles. The lowest BCUT2D eigenvalue weighted by atomic mass is 9.79. The van der Waals surface area contributed by atoms with Crippen molar-refractivity contribution in [2.24, 2.45) is 11.1 Å². The van der Waals surface area contributed by atoms with E-state index in [1.165, 1.54) is 0 Å². The van der Waals surface area contributed by atoms with Crippen molar-refractivity contribution in [2.75, 3.05) is 38.2 Å². The minimum Gasteiger partial charge on any atom is -0.381 e. The molecule has 0 aliphatic carbocycles. The lowest BCUT2D eigenvalue weighted by Crippen LogP contribution is -2.46. The van der Waals surface area contributed by atoms with Gasteiger partial charge in [0.1, 0.15) is 0 Å². The van der Waals surface area contributed by atoms with E-state index in [0.717, 1.165) is 0 Å². The summed E-state index contributed by atoms with van der Waals surface area (Å²) in [6, 6.07) is 7.07. The third kappa shape index (κ3) is 4.93. The number of benzene rings is 1. The maximum atomic E-state index is 12.7. The molecule has 0 saturated carbocycles. The summed E-state index contributed by atoms with van der Waals surface area (Å²) in [5.74, 6) is -0.128. The number of nitrogens with zero attached hydrogens (tertiary/aromatic N) is 1. The molecule has 7 heteroatoms. The lowest BCUT2D eigenvalue weighted by molar-refractivity contribution is -0.130. The molecular weight excluding hydrogens is 342 g/mol. The van der Waals surface area contributed by atoms with Crippen LogP contribution in [0.3, 0.4) is 0 Å². The first kappa shape index (κ1) is 21.4. The highest BCUT2D eigenvalue weighted by Gasteiger charge is 2.38. The number of nitrogens with one attached hydrogen (secondary N) is 1. The zero-order chi connectivity index (χ0) is 17.6. The highest BCUT2D eigenvalue weighted by atomic mass is 35.5. The topological polar surface area (TPSA) is 84.7 Å². The molecule has 1 aromatic rings. The van der Waals surface area contributed by atoms with Gasteiger partial charge in [-0.15, -0.1) is 12.4 Å². The Balaban J connectivity index is 0.00000312. The van der Waals surface area contributed by atoms with E-state index in [1.54, 1.807) is 29.2 Å². The molecular formula is C18H28ClN3O3. The Morgan fingerprint density at radius 1 is 1.24 bits per heavy atom. The zero-order valence-corrected chi connectivity index (χ0v) is 15.7. The number of hydrogen-bond donors (Lipinski definition) is 2. The van der Waals surface area contributed by atoms with Crippen molar-refractivity contribution in [1.29, 1.82) is 0 Å². The average Bonchev–Trinajstić information content (AvgIpc) is 2.63. The van der Waals surface area contributed by atoms with E-state index in [4.69, 9.17) is 10.5 Å². The van der Waals surface area contributed by atoms with Gasteiger partial charge in [0.05, 0.1) is 5.41 Å². The smallest absolute Gasteiger partial charge is 0.253 e. The summed E-state index contributed by atoms with van der Waals surface area (Å²) >= 11 is 0. The molecule has 0 atom stereocenters. The molecule has 1 aliphatic heterocycles. The predicted octanol–water partition coefficient (Wildman–Crippen LogP) is 2.28. The van der Waals surface area contributed by atoms with Crippen molar-refractivity contribution in [3.63, 3.8) is 0 Å². The lowest BCUT2D eigenvalue weighted by Gasteiger charge is -2.34. The molecule has 0 spiro atoms. The molecule has 25 heavy (non-hydrogen) atoms. The average molecular weight is 370 g/mol. The highest BCUT2D eigenvalue weighted by molar-refractivity contribution is 5.99. The third-order valence-electron chi connectivity index (χ3n) is 4.74. The fourth-order valence-electron chi connectivity index (χ4n) is 2.97. The SMILES string of the molecule is CCN(CC)C(=O)c1cccc(NC(=O)C2(CN)CCOCC2)c1.Cl. The molecule has 1 aliphatic rings. The van der Waals surface area contributed by atoms with Crippen LogP contribution in [0.15, 0.2) is 24.3 Å². The fraction of sp³-hybridized carbons (Fsp3) is 0.556. The second kappa shape index (κ2) is 9.75. The van der Waals surface area contributed by atoms with Crippen LogP contribution in [-0.4, -0.2) is 49.6 Å². The van der Waals surface area contributed by atoms with Gasteiger partial charge >= 0.3 is 0 Å². The summed E-state index contributed by atoms with van der Waals surface area (Å²) in [5.41, 5.74) is 6.48. The molecule has 0 unspecified atom stereocenters. The van der Waals surface area contributed by atoms with Gasteiger partial charge in [-0.3, -0.25) is 9.59 Å². The van der Waals surface area contributed by atoms with E-state index in [0.29, 0.717) is 56.9 Å². The van der Waals surface area contributed by atoms with Gasteiger partial charge in [0.2, 0.25) is 5.91 Å². The number of hydrogen-bond acceptors (Lipinski definition) is 4. The summed E-state index contributed by atoms with van der Waals surface area (Å²) < 4.78 is 5.34. The molecule has 1 aromatic carbocycles. The molecule has 3 N–H and O–H groups in total. The van der Waals surface area contributed by atoms with Gasteiger partial charge in [-0.2, -0.15) is 0 Å². The van der Waals surface area contributed by atoms with Gasteiger partial charge in [0.25, 0.3) is 5.91 Å². The summed E-state index contributed by atoms with van der Waals surface area (Å²) in [6.07, 6.45) is 1.24. The van der Waals surface area contributed by atoms with Gasteiger partial charge in [-0.05, 0) is 44.9 Å². The van der Waals surface area contributed by atoms with E-state index in [2.05, 4.69) is 5.32 Å². The Morgan fingerprint density at radius 2 is 1.88 bits per heavy atom. The first-order valence-corrected chi connectivity index (χ1v) is 8.55. The van der Waals surface area contributed by atoms with Crippen molar-refractivity contribution in [1.82, 2.24) is 4.90 Å². The molecule has 0 aromatic heterocycles. The third-order valence-corrected chi connectivity index (χ3v) is 4.74. The van der Waals surface area contributed by atoms with Crippen molar-refractivity contribution >= 4 is 29.9 Å². The van der Waals surface area contributed by atoms with Crippen molar-refractivity contribution in [3.8, 4) is 0 Å². The van der Waals surface area contributed by atoms with Crippen LogP contribution in [0, 0.1) is 5.41 Å². The molecule has 0 radical (unpaired) electrons. The van der Waals surface area contributed by atoms with Crippen LogP contribution in [0.25, 0.3) is 0 Å². The second-order valence-corrected chi connectivity index (χ2v) is 6.11. The minimum atomic E-state index is -0.586. The van der Waals surface area contributed by atoms with E-state index in [1.807, 2.05) is 13.8 Å². The number of carbonyl (C=O) groups is 2. The Morgan fingerprint density at radius 3 is 2.44 bits per heavy atom. The van der Waals surface area contributed by atoms with Gasteiger partial charge < -0.3 is 20.7 Å². The molecule has 1 fully saturated rings. The monoisotopic (exact) mass is 369 g/mol. The van der Waals surface area contributed by atoms with Crippen LogP contribution in [-0.2, 0) is 9.53 Å². The van der Waals surface area contributed by atoms with E-state index < -0.39 is 5.41 Å². The summed E-state index contributed by atoms with van der Waals surface area (Å²) in [5, 5.41) is 2.93. The maximum Gasteiger partial charge on any atom is 0.253 e. The van der Waals surface area contributed by atoms with Crippen LogP contribution in [0.4, 0.5) is 5.69 Å². The van der Waals surface area contributed by atoms with Crippen LogP contribution in [0.5, 0.6) is 0 Å². The quantitative estimate of drug-likeness (QED) is 0.805. The number of rotatable bonds is 6. The zero-order valence-electron chi connectivity index (χ0n) is 14.9. The van der Waals surface area contributed by atoms with Crippen molar-refractivity contribution in [2.45, 2.75) is 26.7 Å².